The molecule has 2 saturated heterocycles. The monoisotopic (exact) mass is 552 g/mol. The predicted octanol–water partition coefficient (Wildman–Crippen LogP) is 4.04. The number of nitrogens with one attached hydrogen (secondary N) is 2. The molecule has 11 nitrogen and oxygen atoms in total. The molecule has 2 aromatic carbocycles. The van der Waals surface area contributed by atoms with Crippen molar-refractivity contribution in [3.8, 4) is 17.1 Å². The minimum atomic E-state index is -0.395. The van der Waals surface area contributed by atoms with Crippen molar-refractivity contribution in [1.29, 1.82) is 0 Å². The smallest absolute Gasteiger partial charge is 0.323 e. The van der Waals surface area contributed by atoms with Crippen molar-refractivity contribution in [2.24, 2.45) is 0 Å². The van der Waals surface area contributed by atoms with Crippen LogP contribution in [0.5, 0.6) is 5.75 Å². The van der Waals surface area contributed by atoms with Crippen molar-refractivity contribution in [1.82, 2.24) is 9.97 Å². The Labute approximate surface area is 231 Å². The molecule has 12 heteroatoms. The number of carbonyl (C=O) groups is 2. The van der Waals surface area contributed by atoms with E-state index in [1.807, 2.05) is 19.1 Å². The Morgan fingerprint density at radius 2 is 1.59 bits per heavy atom. The van der Waals surface area contributed by atoms with Gasteiger partial charge in [-0.1, -0.05) is 11.6 Å². The fourth-order valence-corrected chi connectivity index (χ4v) is 4.53. The molecule has 2 N–H and O–H groups in total. The van der Waals surface area contributed by atoms with Crippen molar-refractivity contribution in [3.05, 3.63) is 53.7 Å². The van der Waals surface area contributed by atoms with Gasteiger partial charge in [0, 0.05) is 42.3 Å². The molecule has 0 aliphatic carbocycles. The van der Waals surface area contributed by atoms with Gasteiger partial charge in [-0.2, -0.15) is 0 Å². The van der Waals surface area contributed by atoms with E-state index in [4.69, 9.17) is 30.8 Å². The molecule has 0 unspecified atom stereocenters. The molecule has 0 spiro atoms. The molecule has 3 aromatic rings. The van der Waals surface area contributed by atoms with Crippen LogP contribution in [0.4, 0.5) is 27.7 Å². The van der Waals surface area contributed by atoms with E-state index < -0.39 is 6.03 Å². The molecule has 0 saturated carbocycles. The van der Waals surface area contributed by atoms with E-state index in [0.717, 1.165) is 11.3 Å². The summed E-state index contributed by atoms with van der Waals surface area (Å²) < 4.78 is 16.4. The first-order valence-corrected chi connectivity index (χ1v) is 13.1. The van der Waals surface area contributed by atoms with E-state index in [0.29, 0.717) is 74.8 Å². The van der Waals surface area contributed by atoms with Gasteiger partial charge in [0.15, 0.2) is 22.5 Å². The molecule has 2 aliphatic heterocycles. The molecule has 3 amide bonds. The Hall–Kier alpha value is -3.93. The zero-order valence-corrected chi connectivity index (χ0v) is 22.2. The fraction of sp³-hybridized carbons (Fsp3) is 0.333. The Morgan fingerprint density at radius 3 is 2.23 bits per heavy atom. The highest BCUT2D eigenvalue weighted by molar-refractivity contribution is 6.31. The normalized spacial score (nSPS) is 15.7. The van der Waals surface area contributed by atoms with Gasteiger partial charge in [-0.05, 0) is 55.5 Å². The first kappa shape index (κ1) is 26.7. The van der Waals surface area contributed by atoms with E-state index in [1.165, 1.54) is 0 Å². The van der Waals surface area contributed by atoms with E-state index >= 15 is 0 Å². The van der Waals surface area contributed by atoms with Crippen LogP contribution in [-0.2, 0) is 14.3 Å². The molecule has 204 valence electrons. The number of anilines is 4. The summed E-state index contributed by atoms with van der Waals surface area (Å²) in [6.45, 7) is 5.97. The highest BCUT2D eigenvalue weighted by Crippen LogP contribution is 2.35. The third-order valence-electron chi connectivity index (χ3n) is 6.23. The van der Waals surface area contributed by atoms with Crippen molar-refractivity contribution in [2.75, 3.05) is 73.1 Å². The van der Waals surface area contributed by atoms with Crippen LogP contribution in [0, 0.1) is 0 Å². The summed E-state index contributed by atoms with van der Waals surface area (Å²) in [6.07, 6.45) is 0. The minimum Gasteiger partial charge on any atom is -0.487 e. The van der Waals surface area contributed by atoms with Crippen LogP contribution >= 0.6 is 11.6 Å². The Morgan fingerprint density at radius 1 is 0.949 bits per heavy atom. The second kappa shape index (κ2) is 12.3. The maximum absolute atomic E-state index is 12.6. The van der Waals surface area contributed by atoms with Gasteiger partial charge in [0.1, 0.15) is 6.61 Å². The highest BCUT2D eigenvalue weighted by atomic mass is 35.5. The van der Waals surface area contributed by atoms with Crippen LogP contribution < -0.4 is 25.2 Å². The number of rotatable bonds is 7. The topological polar surface area (TPSA) is 118 Å². The van der Waals surface area contributed by atoms with Crippen LogP contribution in [0.1, 0.15) is 6.92 Å². The fourth-order valence-electron chi connectivity index (χ4n) is 4.31. The lowest BCUT2D eigenvalue weighted by Crippen LogP contribution is -2.41. The van der Waals surface area contributed by atoms with Gasteiger partial charge in [0.05, 0.1) is 26.4 Å². The number of urea groups is 1. The van der Waals surface area contributed by atoms with Gasteiger partial charge in [-0.25, -0.2) is 14.8 Å². The summed E-state index contributed by atoms with van der Waals surface area (Å²) >= 11 is 6.50. The number of hydrogen-bond acceptors (Lipinski definition) is 8. The number of halogens is 1. The Balaban J connectivity index is 1.24. The summed E-state index contributed by atoms with van der Waals surface area (Å²) in [5, 5.41) is 5.86. The molecular weight excluding hydrogens is 524 g/mol. The summed E-state index contributed by atoms with van der Waals surface area (Å²) in [6, 6.07) is 13.9. The zero-order valence-electron chi connectivity index (χ0n) is 21.5. The van der Waals surface area contributed by atoms with Crippen LogP contribution in [0.15, 0.2) is 48.5 Å². The maximum Gasteiger partial charge on any atom is 0.323 e. The standard InChI is InChI=1S/C27H29ClN6O5/c1-2-39-23-24(28)31-25(32-26(23)33-11-14-37-15-12-33)18-3-5-19(6-4-18)29-27(36)30-20-7-9-21(10-8-20)34-13-16-38-17-22(34)35/h3-10H,2,11-17H2,1H3,(H2,29,30,36). The van der Waals surface area contributed by atoms with E-state index in [9.17, 15) is 9.59 Å². The molecule has 39 heavy (non-hydrogen) atoms. The van der Waals surface area contributed by atoms with E-state index in [1.54, 1.807) is 41.3 Å². The molecule has 0 bridgehead atoms. The van der Waals surface area contributed by atoms with Crippen LogP contribution in [0.2, 0.25) is 5.15 Å². The van der Waals surface area contributed by atoms with E-state index in [2.05, 4.69) is 20.5 Å². The molecule has 3 heterocycles. The third kappa shape index (κ3) is 6.39. The van der Waals surface area contributed by atoms with Crippen LogP contribution in [-0.4, -0.2) is 74.6 Å². The van der Waals surface area contributed by atoms with E-state index in [-0.39, 0.29) is 17.7 Å². The number of morpholine rings is 2. The zero-order chi connectivity index (χ0) is 27.2. The average Bonchev–Trinajstić information content (AvgIpc) is 2.96. The van der Waals surface area contributed by atoms with Crippen molar-refractivity contribution in [2.45, 2.75) is 6.92 Å². The first-order chi connectivity index (χ1) is 19.0. The quantitative estimate of drug-likeness (QED) is 0.422. The predicted molar refractivity (Wildman–Crippen MR) is 149 cm³/mol. The number of nitrogens with zero attached hydrogens (tertiary/aromatic N) is 4. The lowest BCUT2D eigenvalue weighted by molar-refractivity contribution is -0.125. The second-order valence-corrected chi connectivity index (χ2v) is 9.18. The summed E-state index contributed by atoms with van der Waals surface area (Å²) in [7, 11) is 0. The largest absolute Gasteiger partial charge is 0.487 e. The van der Waals surface area contributed by atoms with Crippen LogP contribution in [0.25, 0.3) is 11.4 Å². The Bertz CT molecular complexity index is 1320. The van der Waals surface area contributed by atoms with Crippen LogP contribution in [0.3, 0.4) is 0 Å². The molecule has 2 aliphatic rings. The van der Waals surface area contributed by atoms with Crippen molar-refractivity contribution in [3.63, 3.8) is 0 Å². The van der Waals surface area contributed by atoms with Gasteiger partial charge in [0.2, 0.25) is 0 Å². The molecule has 2 fully saturated rings. The lowest BCUT2D eigenvalue weighted by Gasteiger charge is -2.29. The molecule has 0 radical (unpaired) electrons. The maximum atomic E-state index is 12.6. The lowest BCUT2D eigenvalue weighted by atomic mass is 10.2. The number of hydrogen-bond donors (Lipinski definition) is 2. The van der Waals surface area contributed by atoms with Gasteiger partial charge < -0.3 is 34.6 Å². The van der Waals surface area contributed by atoms with Crippen molar-refractivity contribution >= 4 is 46.4 Å². The number of ether oxygens (including phenoxy) is 3. The molecule has 0 atom stereocenters. The summed E-state index contributed by atoms with van der Waals surface area (Å²) in [4.78, 5) is 37.5. The van der Waals surface area contributed by atoms with Crippen molar-refractivity contribution < 1.29 is 23.8 Å². The summed E-state index contributed by atoms with van der Waals surface area (Å²) in [5.41, 5.74) is 2.70. The number of benzene rings is 2. The third-order valence-corrected chi connectivity index (χ3v) is 6.49. The second-order valence-electron chi connectivity index (χ2n) is 8.82. The van der Waals surface area contributed by atoms with Gasteiger partial charge >= 0.3 is 6.03 Å². The number of amides is 3. The Kier molecular flexibility index (Phi) is 8.40. The highest BCUT2D eigenvalue weighted by Gasteiger charge is 2.23. The summed E-state index contributed by atoms with van der Waals surface area (Å²) in [5.74, 6) is 1.48. The molecule has 1 aromatic heterocycles. The molecular formula is C27H29ClN6O5. The number of aromatic nitrogens is 2. The number of carbonyl (C=O) groups excluding carboxylic acids is 2. The van der Waals surface area contributed by atoms with Gasteiger partial charge in [0.25, 0.3) is 5.91 Å². The average molecular weight is 553 g/mol. The van der Waals surface area contributed by atoms with Gasteiger partial charge in [-0.3, -0.25) is 4.79 Å². The molecule has 5 rings (SSSR count). The SMILES string of the molecule is CCOc1c(Cl)nc(-c2ccc(NC(=O)Nc3ccc(N4CCOCC4=O)cc3)cc2)nc1N1CCOCC1. The minimum absolute atomic E-state index is 0.0774. The van der Waals surface area contributed by atoms with Gasteiger partial charge in [-0.15, -0.1) is 0 Å². The first-order valence-electron chi connectivity index (χ1n) is 12.7.